The number of rotatable bonds is 5. The van der Waals surface area contributed by atoms with E-state index in [4.69, 9.17) is 0 Å². The molecule has 0 unspecified atom stereocenters. The van der Waals surface area contributed by atoms with Gasteiger partial charge in [-0.2, -0.15) is 13.2 Å². The standard InChI is InChI=1S/C22H22F3N3O3/c23-22(24,25)14-31-13-15-5-7-16(8-6-15)20(29)27-11-9-17(10-12-27)28-19-4-2-1-3-18(19)26-21(28)30/h1-8,17H,9-14H2,(H,26,30). The molecule has 0 aliphatic carbocycles. The van der Waals surface area contributed by atoms with Crippen molar-refractivity contribution in [3.05, 3.63) is 70.1 Å². The van der Waals surface area contributed by atoms with Gasteiger partial charge in [0.05, 0.1) is 17.6 Å². The number of aromatic amines is 1. The number of piperidine rings is 1. The smallest absolute Gasteiger partial charge is 0.367 e. The second kappa shape index (κ2) is 8.58. The highest BCUT2D eigenvalue weighted by Crippen LogP contribution is 2.26. The van der Waals surface area contributed by atoms with Crippen LogP contribution in [0, 0.1) is 0 Å². The van der Waals surface area contributed by atoms with Gasteiger partial charge in [-0.05, 0) is 42.7 Å². The van der Waals surface area contributed by atoms with Crippen molar-refractivity contribution in [2.45, 2.75) is 31.7 Å². The van der Waals surface area contributed by atoms with Crippen LogP contribution in [0.3, 0.4) is 0 Å². The Balaban J connectivity index is 1.36. The number of aromatic nitrogens is 2. The molecule has 4 rings (SSSR count). The van der Waals surface area contributed by atoms with Crippen molar-refractivity contribution in [1.82, 2.24) is 14.5 Å². The number of hydrogen-bond donors (Lipinski definition) is 1. The molecule has 1 N–H and O–H groups in total. The van der Waals surface area contributed by atoms with Gasteiger partial charge in [-0.25, -0.2) is 4.79 Å². The lowest BCUT2D eigenvalue weighted by molar-refractivity contribution is -0.176. The summed E-state index contributed by atoms with van der Waals surface area (Å²) < 4.78 is 42.9. The van der Waals surface area contributed by atoms with Crippen molar-refractivity contribution in [3.8, 4) is 0 Å². The third-order valence-corrected chi connectivity index (χ3v) is 5.48. The van der Waals surface area contributed by atoms with Gasteiger partial charge in [0.2, 0.25) is 0 Å². The maximum absolute atomic E-state index is 12.8. The number of imidazole rings is 1. The number of nitrogens with one attached hydrogen (secondary N) is 1. The zero-order valence-corrected chi connectivity index (χ0v) is 16.7. The summed E-state index contributed by atoms with van der Waals surface area (Å²) in [7, 11) is 0. The molecule has 6 nitrogen and oxygen atoms in total. The number of carbonyl (C=O) groups excluding carboxylic acids is 1. The summed E-state index contributed by atoms with van der Waals surface area (Å²) >= 11 is 0. The van der Waals surface area contributed by atoms with E-state index in [9.17, 15) is 22.8 Å². The number of ether oxygens (including phenoxy) is 1. The maximum Gasteiger partial charge on any atom is 0.411 e. The number of para-hydroxylation sites is 2. The Labute approximate surface area is 176 Å². The third kappa shape index (κ3) is 4.82. The number of fused-ring (bicyclic) bond motifs is 1. The predicted octanol–water partition coefficient (Wildman–Crippen LogP) is 3.89. The Kier molecular flexibility index (Phi) is 5.86. The summed E-state index contributed by atoms with van der Waals surface area (Å²) in [6.07, 6.45) is -3.03. The van der Waals surface area contributed by atoms with E-state index < -0.39 is 12.8 Å². The van der Waals surface area contributed by atoms with Gasteiger partial charge in [-0.3, -0.25) is 9.36 Å². The van der Waals surface area contributed by atoms with E-state index in [2.05, 4.69) is 9.72 Å². The fourth-order valence-electron chi connectivity index (χ4n) is 3.97. The van der Waals surface area contributed by atoms with Crippen molar-refractivity contribution < 1.29 is 22.7 Å². The number of H-pyrrole nitrogens is 1. The van der Waals surface area contributed by atoms with Crippen LogP contribution in [0.1, 0.15) is 34.8 Å². The molecule has 1 fully saturated rings. The molecule has 1 amide bonds. The van der Waals surface area contributed by atoms with Crippen molar-refractivity contribution >= 4 is 16.9 Å². The zero-order valence-electron chi connectivity index (χ0n) is 16.7. The second-order valence-electron chi connectivity index (χ2n) is 7.65. The minimum atomic E-state index is -4.36. The molecule has 2 heterocycles. The lowest BCUT2D eigenvalue weighted by Crippen LogP contribution is -2.40. The summed E-state index contributed by atoms with van der Waals surface area (Å²) in [5.41, 5.74) is 2.56. The Morgan fingerprint density at radius 1 is 1.06 bits per heavy atom. The summed E-state index contributed by atoms with van der Waals surface area (Å²) in [5, 5.41) is 0. The number of alkyl halides is 3. The minimum absolute atomic E-state index is 0.0147. The summed E-state index contributed by atoms with van der Waals surface area (Å²) in [6.45, 7) is -0.432. The SMILES string of the molecule is O=C(c1ccc(COCC(F)(F)F)cc1)N1CCC(n2c(=O)[nH]c3ccccc32)CC1. The van der Waals surface area contributed by atoms with Crippen LogP contribution < -0.4 is 5.69 Å². The number of amides is 1. The van der Waals surface area contributed by atoms with E-state index >= 15 is 0 Å². The summed E-state index contributed by atoms with van der Waals surface area (Å²) in [4.78, 5) is 29.8. The average Bonchev–Trinajstić information content (AvgIpc) is 3.08. The van der Waals surface area contributed by atoms with Crippen LogP contribution in [0.4, 0.5) is 13.2 Å². The summed E-state index contributed by atoms with van der Waals surface area (Å²) in [6, 6.07) is 14.0. The van der Waals surface area contributed by atoms with E-state index in [1.165, 1.54) is 0 Å². The first-order valence-corrected chi connectivity index (χ1v) is 10.0. The molecule has 2 aromatic carbocycles. The Hall–Kier alpha value is -3.07. The van der Waals surface area contributed by atoms with Crippen LogP contribution in [-0.4, -0.2) is 46.2 Å². The van der Waals surface area contributed by atoms with E-state index in [0.29, 0.717) is 37.1 Å². The van der Waals surface area contributed by atoms with Gasteiger partial charge >= 0.3 is 11.9 Å². The lowest BCUT2D eigenvalue weighted by atomic mass is 10.0. The van der Waals surface area contributed by atoms with Gasteiger partial charge in [-0.15, -0.1) is 0 Å². The molecule has 1 aliphatic rings. The number of nitrogens with zero attached hydrogens (tertiary/aromatic N) is 2. The molecule has 1 saturated heterocycles. The number of hydrogen-bond acceptors (Lipinski definition) is 3. The molecular weight excluding hydrogens is 411 g/mol. The van der Waals surface area contributed by atoms with Gasteiger partial charge in [0.25, 0.3) is 5.91 Å². The molecule has 164 valence electrons. The van der Waals surface area contributed by atoms with E-state index in [0.717, 1.165) is 11.0 Å². The molecule has 0 bridgehead atoms. The highest BCUT2D eigenvalue weighted by molar-refractivity contribution is 5.94. The molecule has 0 saturated carbocycles. The fraction of sp³-hybridized carbons (Fsp3) is 0.364. The van der Waals surface area contributed by atoms with Gasteiger partial charge in [-0.1, -0.05) is 24.3 Å². The van der Waals surface area contributed by atoms with Crippen molar-refractivity contribution in [1.29, 1.82) is 0 Å². The summed E-state index contributed by atoms with van der Waals surface area (Å²) in [5.74, 6) is -0.132. The first-order chi connectivity index (χ1) is 14.8. The Morgan fingerprint density at radius 2 is 1.74 bits per heavy atom. The lowest BCUT2D eigenvalue weighted by Gasteiger charge is -2.32. The number of carbonyl (C=O) groups is 1. The van der Waals surface area contributed by atoms with Crippen LogP contribution in [0.25, 0.3) is 11.0 Å². The van der Waals surface area contributed by atoms with Gasteiger partial charge in [0.1, 0.15) is 6.61 Å². The molecule has 0 spiro atoms. The normalized spacial score (nSPS) is 15.5. The molecule has 0 atom stereocenters. The van der Waals surface area contributed by atoms with Gasteiger partial charge < -0.3 is 14.6 Å². The number of likely N-dealkylation sites (tertiary alicyclic amines) is 1. The first-order valence-electron chi connectivity index (χ1n) is 10.0. The zero-order chi connectivity index (χ0) is 22.0. The molecule has 3 aromatic rings. The van der Waals surface area contributed by atoms with Crippen LogP contribution >= 0.6 is 0 Å². The third-order valence-electron chi connectivity index (χ3n) is 5.48. The van der Waals surface area contributed by atoms with Crippen LogP contribution in [0.5, 0.6) is 0 Å². The van der Waals surface area contributed by atoms with Crippen molar-refractivity contribution in [2.24, 2.45) is 0 Å². The topological polar surface area (TPSA) is 67.3 Å². The largest absolute Gasteiger partial charge is 0.411 e. The monoisotopic (exact) mass is 433 g/mol. The molecule has 9 heteroatoms. The van der Waals surface area contributed by atoms with Gasteiger partial charge in [0.15, 0.2) is 0 Å². The minimum Gasteiger partial charge on any atom is -0.367 e. The molecule has 0 radical (unpaired) electrons. The molecule has 1 aliphatic heterocycles. The highest BCUT2D eigenvalue weighted by Gasteiger charge is 2.28. The Bertz CT molecular complexity index is 1110. The predicted molar refractivity (Wildman–Crippen MR) is 109 cm³/mol. The van der Waals surface area contributed by atoms with E-state index in [1.54, 1.807) is 33.7 Å². The maximum atomic E-state index is 12.8. The van der Waals surface area contributed by atoms with Crippen LogP contribution in [0.15, 0.2) is 53.3 Å². The Morgan fingerprint density at radius 3 is 2.42 bits per heavy atom. The highest BCUT2D eigenvalue weighted by atomic mass is 19.4. The van der Waals surface area contributed by atoms with E-state index in [1.807, 2.05) is 24.3 Å². The molecule has 1 aromatic heterocycles. The fourth-order valence-corrected chi connectivity index (χ4v) is 3.97. The second-order valence-corrected chi connectivity index (χ2v) is 7.65. The average molecular weight is 433 g/mol. The van der Waals surface area contributed by atoms with Crippen LogP contribution in [-0.2, 0) is 11.3 Å². The van der Waals surface area contributed by atoms with Gasteiger partial charge in [0, 0.05) is 24.7 Å². The van der Waals surface area contributed by atoms with E-state index in [-0.39, 0.29) is 24.2 Å². The molecule has 31 heavy (non-hydrogen) atoms. The molecular formula is C22H22F3N3O3. The van der Waals surface area contributed by atoms with Crippen LogP contribution in [0.2, 0.25) is 0 Å². The first kappa shape index (κ1) is 21.2. The quantitative estimate of drug-likeness (QED) is 0.664. The number of benzene rings is 2. The number of halogens is 3. The van der Waals surface area contributed by atoms with Crippen molar-refractivity contribution in [2.75, 3.05) is 19.7 Å². The van der Waals surface area contributed by atoms with Crippen molar-refractivity contribution in [3.63, 3.8) is 0 Å².